The van der Waals surface area contributed by atoms with Crippen LogP contribution >= 0.6 is 0 Å². The Kier molecular flexibility index (Phi) is 3.27. The zero-order valence-corrected chi connectivity index (χ0v) is 9.12. The topological polar surface area (TPSA) is 26.0 Å². The van der Waals surface area contributed by atoms with Crippen molar-refractivity contribution >= 4 is 0 Å². The minimum atomic E-state index is 0.428. The Balaban J connectivity index is 1.72. The predicted octanol–water partition coefficient (Wildman–Crippen LogP) is 3.11. The first kappa shape index (κ1) is 10.2. The van der Waals surface area contributed by atoms with Gasteiger partial charge in [-0.05, 0) is 56.3 Å². The van der Waals surface area contributed by atoms with E-state index in [1.807, 2.05) is 6.08 Å². The summed E-state index contributed by atoms with van der Waals surface area (Å²) in [6, 6.07) is 0.428. The fraction of sp³-hybridized carbons (Fsp3) is 0.846. The van der Waals surface area contributed by atoms with Gasteiger partial charge in [0.05, 0.1) is 0 Å². The van der Waals surface area contributed by atoms with Gasteiger partial charge in [-0.25, -0.2) is 0 Å². The first-order chi connectivity index (χ1) is 6.79. The second kappa shape index (κ2) is 4.48. The number of fused-ring (bicyclic) bond motifs is 2. The van der Waals surface area contributed by atoms with E-state index < -0.39 is 0 Å². The lowest BCUT2D eigenvalue weighted by Gasteiger charge is -2.24. The maximum Gasteiger partial charge on any atom is 0.00445 e. The van der Waals surface area contributed by atoms with Crippen molar-refractivity contribution in [3.05, 3.63) is 12.7 Å². The number of rotatable bonds is 5. The summed E-state index contributed by atoms with van der Waals surface area (Å²) < 4.78 is 0. The average molecular weight is 193 g/mol. The molecule has 0 aromatic rings. The summed E-state index contributed by atoms with van der Waals surface area (Å²) in [4.78, 5) is 0. The van der Waals surface area contributed by atoms with Crippen molar-refractivity contribution in [3.63, 3.8) is 0 Å². The average Bonchev–Trinajstić information content (AvgIpc) is 2.76. The van der Waals surface area contributed by atoms with Gasteiger partial charge in [0.25, 0.3) is 0 Å². The summed E-state index contributed by atoms with van der Waals surface area (Å²) in [5.74, 6) is 3.07. The van der Waals surface area contributed by atoms with Crippen molar-refractivity contribution in [2.75, 3.05) is 0 Å². The SMILES string of the molecule is C=CCCC(N)CC1CC2CCC1C2. The van der Waals surface area contributed by atoms with Crippen molar-refractivity contribution in [2.24, 2.45) is 23.5 Å². The van der Waals surface area contributed by atoms with Crippen molar-refractivity contribution in [1.82, 2.24) is 0 Å². The van der Waals surface area contributed by atoms with E-state index in [0.29, 0.717) is 6.04 Å². The van der Waals surface area contributed by atoms with Gasteiger partial charge in [0.1, 0.15) is 0 Å². The highest BCUT2D eigenvalue weighted by Gasteiger charge is 2.39. The van der Waals surface area contributed by atoms with Gasteiger partial charge in [-0.2, -0.15) is 0 Å². The van der Waals surface area contributed by atoms with Crippen LogP contribution in [0.5, 0.6) is 0 Å². The van der Waals surface area contributed by atoms with E-state index in [-0.39, 0.29) is 0 Å². The van der Waals surface area contributed by atoms with Gasteiger partial charge < -0.3 is 5.73 Å². The Hall–Kier alpha value is -0.300. The first-order valence-electron chi connectivity index (χ1n) is 6.16. The summed E-state index contributed by atoms with van der Waals surface area (Å²) in [5, 5.41) is 0. The summed E-state index contributed by atoms with van der Waals surface area (Å²) >= 11 is 0. The highest BCUT2D eigenvalue weighted by Crippen LogP contribution is 2.49. The summed E-state index contributed by atoms with van der Waals surface area (Å²) in [6.45, 7) is 3.75. The number of nitrogens with two attached hydrogens (primary N) is 1. The molecule has 4 unspecified atom stereocenters. The van der Waals surface area contributed by atoms with E-state index >= 15 is 0 Å². The molecule has 2 N–H and O–H groups in total. The van der Waals surface area contributed by atoms with E-state index in [2.05, 4.69) is 6.58 Å². The Morgan fingerprint density at radius 3 is 2.79 bits per heavy atom. The first-order valence-corrected chi connectivity index (χ1v) is 6.16. The molecule has 0 spiro atoms. The molecule has 0 aliphatic heterocycles. The van der Waals surface area contributed by atoms with Gasteiger partial charge in [-0.1, -0.05) is 12.5 Å². The van der Waals surface area contributed by atoms with Gasteiger partial charge in [-0.3, -0.25) is 0 Å². The molecule has 14 heavy (non-hydrogen) atoms. The molecule has 2 aliphatic carbocycles. The quantitative estimate of drug-likeness (QED) is 0.667. The third-order valence-electron chi connectivity index (χ3n) is 4.23. The molecule has 2 fully saturated rings. The molecule has 0 saturated heterocycles. The maximum atomic E-state index is 6.12. The Morgan fingerprint density at radius 2 is 2.21 bits per heavy atom. The van der Waals surface area contributed by atoms with E-state index in [9.17, 15) is 0 Å². The van der Waals surface area contributed by atoms with E-state index in [1.54, 1.807) is 0 Å². The van der Waals surface area contributed by atoms with Gasteiger partial charge >= 0.3 is 0 Å². The Bertz CT molecular complexity index is 199. The van der Waals surface area contributed by atoms with Crippen LogP contribution in [0.3, 0.4) is 0 Å². The van der Waals surface area contributed by atoms with Gasteiger partial charge in [0, 0.05) is 6.04 Å². The molecule has 2 saturated carbocycles. The van der Waals surface area contributed by atoms with Gasteiger partial charge in [0.2, 0.25) is 0 Å². The molecule has 4 atom stereocenters. The molecule has 0 radical (unpaired) electrons. The monoisotopic (exact) mass is 193 g/mol. The van der Waals surface area contributed by atoms with Crippen LogP contribution in [0.25, 0.3) is 0 Å². The maximum absolute atomic E-state index is 6.12. The normalized spacial score (nSPS) is 37.4. The van der Waals surface area contributed by atoms with Crippen molar-refractivity contribution in [2.45, 2.75) is 51.0 Å². The fourth-order valence-corrected chi connectivity index (χ4v) is 3.50. The fourth-order valence-electron chi connectivity index (χ4n) is 3.50. The highest BCUT2D eigenvalue weighted by molar-refractivity contribution is 4.91. The highest BCUT2D eigenvalue weighted by atomic mass is 14.6. The molecule has 1 heteroatoms. The molecular weight excluding hydrogens is 170 g/mol. The van der Waals surface area contributed by atoms with Gasteiger partial charge in [0.15, 0.2) is 0 Å². The lowest BCUT2D eigenvalue weighted by atomic mass is 9.83. The summed E-state index contributed by atoms with van der Waals surface area (Å²) in [6.07, 6.45) is 11.5. The molecular formula is C13H23N. The largest absolute Gasteiger partial charge is 0.328 e. The minimum absolute atomic E-state index is 0.428. The third kappa shape index (κ3) is 2.20. The smallest absolute Gasteiger partial charge is 0.00445 e. The van der Waals surface area contributed by atoms with Crippen LogP contribution in [0.2, 0.25) is 0 Å². The Labute approximate surface area is 87.8 Å². The van der Waals surface area contributed by atoms with Crippen LogP contribution in [0, 0.1) is 17.8 Å². The molecule has 80 valence electrons. The number of allylic oxidation sites excluding steroid dienone is 1. The van der Waals surface area contributed by atoms with Gasteiger partial charge in [-0.15, -0.1) is 6.58 Å². The molecule has 2 aliphatic rings. The molecule has 0 aromatic heterocycles. The minimum Gasteiger partial charge on any atom is -0.328 e. The molecule has 1 nitrogen and oxygen atoms in total. The lowest BCUT2D eigenvalue weighted by molar-refractivity contribution is 0.291. The zero-order chi connectivity index (χ0) is 9.97. The van der Waals surface area contributed by atoms with Crippen LogP contribution in [-0.2, 0) is 0 Å². The second-order valence-corrected chi connectivity index (χ2v) is 5.30. The van der Waals surface area contributed by atoms with Crippen LogP contribution < -0.4 is 5.73 Å². The van der Waals surface area contributed by atoms with E-state index in [0.717, 1.165) is 30.6 Å². The molecule has 0 heterocycles. The third-order valence-corrected chi connectivity index (χ3v) is 4.23. The Morgan fingerprint density at radius 1 is 1.36 bits per heavy atom. The summed E-state index contributed by atoms with van der Waals surface area (Å²) in [5.41, 5.74) is 6.12. The van der Waals surface area contributed by atoms with Crippen molar-refractivity contribution in [1.29, 1.82) is 0 Å². The molecule has 2 bridgehead atoms. The molecule has 0 aromatic carbocycles. The van der Waals surface area contributed by atoms with Crippen molar-refractivity contribution < 1.29 is 0 Å². The van der Waals surface area contributed by atoms with Crippen LogP contribution in [0.15, 0.2) is 12.7 Å². The zero-order valence-electron chi connectivity index (χ0n) is 9.12. The molecule has 0 amide bonds. The van der Waals surface area contributed by atoms with Crippen LogP contribution in [0.4, 0.5) is 0 Å². The number of hydrogen-bond donors (Lipinski definition) is 1. The van der Waals surface area contributed by atoms with E-state index in [4.69, 9.17) is 5.73 Å². The van der Waals surface area contributed by atoms with E-state index in [1.165, 1.54) is 32.1 Å². The lowest BCUT2D eigenvalue weighted by Crippen LogP contribution is -2.25. The predicted molar refractivity (Wildman–Crippen MR) is 61.0 cm³/mol. The molecule has 2 rings (SSSR count). The summed E-state index contributed by atoms with van der Waals surface area (Å²) in [7, 11) is 0. The second-order valence-electron chi connectivity index (χ2n) is 5.30. The number of hydrogen-bond acceptors (Lipinski definition) is 1. The van der Waals surface area contributed by atoms with Crippen molar-refractivity contribution in [3.8, 4) is 0 Å². The standard InChI is InChI=1S/C13H23N/c1-2-3-4-13(14)9-12-8-10-5-6-11(12)7-10/h2,10-13H,1,3-9,14H2. The van der Waals surface area contributed by atoms with Crippen LogP contribution in [0.1, 0.15) is 44.9 Å². The van der Waals surface area contributed by atoms with Crippen LogP contribution in [-0.4, -0.2) is 6.04 Å².